The Bertz CT molecular complexity index is 174. The Hall–Kier alpha value is -0.0213. The molecule has 0 amide bonds. The Kier molecular flexibility index (Phi) is 3.83. The first kappa shape index (κ1) is 8.08. The fraction of sp³-hybridized carbons (Fsp3) is 0.250. The molecule has 0 saturated heterocycles. The second-order valence-corrected chi connectivity index (χ2v) is 5.01. The first-order valence-electron chi connectivity index (χ1n) is 3.23. The van der Waals surface area contributed by atoms with Gasteiger partial charge in [0.15, 0.2) is 0 Å². The van der Waals surface area contributed by atoms with Crippen molar-refractivity contribution in [2.75, 3.05) is 7.11 Å². The van der Waals surface area contributed by atoms with Crippen LogP contribution in [0.3, 0.4) is 0 Å². The summed E-state index contributed by atoms with van der Waals surface area (Å²) in [5.41, 5.74) is 1.41. The van der Waals surface area contributed by atoms with Crippen LogP contribution in [-0.2, 0) is 7.51 Å². The quantitative estimate of drug-likeness (QED) is 0.727. The first-order chi connectivity index (χ1) is 4.93. The van der Waals surface area contributed by atoms with Gasteiger partial charge in [0.05, 0.1) is 0 Å². The van der Waals surface area contributed by atoms with Gasteiger partial charge < -0.3 is 0 Å². The maximum atomic E-state index is 5.12. The van der Waals surface area contributed by atoms with Crippen LogP contribution in [0.1, 0.15) is 5.56 Å². The summed E-state index contributed by atoms with van der Waals surface area (Å²) in [5, 5.41) is 0. The minimum absolute atomic E-state index is 0.520. The van der Waals surface area contributed by atoms with E-state index < -0.39 is 21.6 Å². The average Bonchev–Trinajstić information content (AvgIpc) is 2.03. The van der Waals surface area contributed by atoms with Crippen LogP contribution < -0.4 is 0 Å². The Morgan fingerprint density at radius 3 is 2.60 bits per heavy atom. The molecule has 1 aromatic carbocycles. The van der Waals surface area contributed by atoms with E-state index in [0.29, 0.717) is 0 Å². The predicted octanol–water partition coefficient (Wildman–Crippen LogP) is 1.45. The molecule has 52 valence electrons. The van der Waals surface area contributed by atoms with Gasteiger partial charge in [-0.15, -0.1) is 0 Å². The third kappa shape index (κ3) is 2.71. The zero-order valence-electron chi connectivity index (χ0n) is 6.00. The van der Waals surface area contributed by atoms with Crippen molar-refractivity contribution in [2.24, 2.45) is 0 Å². The molecule has 10 heavy (non-hydrogen) atoms. The van der Waals surface area contributed by atoms with E-state index in [-0.39, 0.29) is 0 Å². The van der Waals surface area contributed by atoms with Crippen LogP contribution in [0.5, 0.6) is 0 Å². The Balaban J connectivity index is 2.43. The number of hydrogen-bond acceptors (Lipinski definition) is 1. The monoisotopic (exact) mass is 242 g/mol. The van der Waals surface area contributed by atoms with E-state index >= 15 is 0 Å². The molecule has 2 heteroatoms. The van der Waals surface area contributed by atoms with Crippen molar-refractivity contribution in [1.82, 2.24) is 0 Å². The van der Waals surface area contributed by atoms with E-state index in [2.05, 4.69) is 24.3 Å². The summed E-state index contributed by atoms with van der Waals surface area (Å²) in [4.78, 5) is 0. The van der Waals surface area contributed by atoms with Gasteiger partial charge >= 0.3 is 72.1 Å². The van der Waals surface area contributed by atoms with Gasteiger partial charge in [0.1, 0.15) is 0 Å². The van der Waals surface area contributed by atoms with Crippen molar-refractivity contribution in [2.45, 2.75) is 4.44 Å². The number of hydrogen-bond donors (Lipinski definition) is 0. The van der Waals surface area contributed by atoms with Crippen LogP contribution >= 0.6 is 0 Å². The summed E-state index contributed by atoms with van der Waals surface area (Å²) in [6.07, 6.45) is 0. The second-order valence-electron chi connectivity index (χ2n) is 2.01. The van der Waals surface area contributed by atoms with Crippen LogP contribution in [0.2, 0.25) is 0 Å². The zero-order valence-corrected chi connectivity index (χ0v) is 8.86. The van der Waals surface area contributed by atoms with Crippen LogP contribution in [0.4, 0.5) is 0 Å². The van der Waals surface area contributed by atoms with Crippen LogP contribution in [0.15, 0.2) is 30.3 Å². The van der Waals surface area contributed by atoms with Crippen LogP contribution in [0.25, 0.3) is 0 Å². The van der Waals surface area contributed by atoms with Crippen molar-refractivity contribution in [3.63, 3.8) is 0 Å². The van der Waals surface area contributed by atoms with Gasteiger partial charge in [0.2, 0.25) is 0 Å². The molecule has 0 aliphatic rings. The molecule has 0 heterocycles. The van der Waals surface area contributed by atoms with Gasteiger partial charge in [-0.1, -0.05) is 0 Å². The summed E-state index contributed by atoms with van der Waals surface area (Å²) >= 11 is -0.520. The van der Waals surface area contributed by atoms with Crippen molar-refractivity contribution in [3.8, 4) is 0 Å². The van der Waals surface area contributed by atoms with E-state index in [4.69, 9.17) is 3.07 Å². The van der Waals surface area contributed by atoms with Gasteiger partial charge in [0, 0.05) is 0 Å². The molecule has 1 nitrogen and oxygen atoms in total. The van der Waals surface area contributed by atoms with E-state index in [1.54, 1.807) is 7.11 Å². The molecule has 0 N–H and O–H groups in total. The molecule has 0 fully saturated rings. The van der Waals surface area contributed by atoms with Gasteiger partial charge in [-0.05, 0) is 0 Å². The number of benzene rings is 1. The minimum atomic E-state index is -0.520. The molecule has 0 aliphatic carbocycles. The Morgan fingerprint density at radius 1 is 1.30 bits per heavy atom. The fourth-order valence-electron chi connectivity index (χ4n) is 0.751. The molecular formula is C8H10OSn. The topological polar surface area (TPSA) is 9.23 Å². The van der Waals surface area contributed by atoms with Crippen molar-refractivity contribution < 1.29 is 3.07 Å². The van der Waals surface area contributed by atoms with Crippen LogP contribution in [0, 0.1) is 0 Å². The second kappa shape index (κ2) is 4.74. The van der Waals surface area contributed by atoms with Crippen molar-refractivity contribution in [3.05, 3.63) is 35.9 Å². The van der Waals surface area contributed by atoms with E-state index in [9.17, 15) is 0 Å². The van der Waals surface area contributed by atoms with Gasteiger partial charge in [-0.3, -0.25) is 0 Å². The van der Waals surface area contributed by atoms with E-state index in [1.807, 2.05) is 6.07 Å². The van der Waals surface area contributed by atoms with Gasteiger partial charge in [0.25, 0.3) is 0 Å². The predicted molar refractivity (Wildman–Crippen MR) is 42.9 cm³/mol. The normalized spacial score (nSPS) is 9.70. The Labute approximate surface area is 72.2 Å². The van der Waals surface area contributed by atoms with E-state index in [0.717, 1.165) is 0 Å². The van der Waals surface area contributed by atoms with Gasteiger partial charge in [-0.25, -0.2) is 0 Å². The molecular weight excluding hydrogens is 231 g/mol. The van der Waals surface area contributed by atoms with Gasteiger partial charge in [-0.2, -0.15) is 0 Å². The third-order valence-corrected chi connectivity index (χ3v) is 3.66. The molecule has 1 aromatic rings. The SMILES string of the molecule is C[O][Sn][CH2]c1ccccc1. The molecule has 0 aliphatic heterocycles. The number of rotatable bonds is 3. The zero-order chi connectivity index (χ0) is 7.23. The summed E-state index contributed by atoms with van der Waals surface area (Å²) in [6, 6.07) is 10.5. The standard InChI is InChI=1S/C7H7.CH3O.Sn/c1-7-5-3-2-4-6-7;1-2;/h2-6H,1H2;1H3;/q;-1;+1. The summed E-state index contributed by atoms with van der Waals surface area (Å²) < 4.78 is 6.30. The molecule has 0 aromatic heterocycles. The molecule has 2 radical (unpaired) electrons. The third-order valence-electron chi connectivity index (χ3n) is 1.26. The summed E-state index contributed by atoms with van der Waals surface area (Å²) in [5.74, 6) is 0. The summed E-state index contributed by atoms with van der Waals surface area (Å²) in [6.45, 7) is 0. The van der Waals surface area contributed by atoms with Crippen LogP contribution in [-0.4, -0.2) is 28.7 Å². The first-order valence-corrected chi connectivity index (χ1v) is 6.41. The van der Waals surface area contributed by atoms with Crippen molar-refractivity contribution in [1.29, 1.82) is 0 Å². The average molecular weight is 241 g/mol. The van der Waals surface area contributed by atoms with Crippen molar-refractivity contribution >= 4 is 21.6 Å². The molecule has 0 atom stereocenters. The fourth-order valence-corrected chi connectivity index (χ4v) is 2.31. The maximum absolute atomic E-state index is 5.12. The molecule has 1 rings (SSSR count). The molecule has 0 unspecified atom stereocenters. The molecule has 0 spiro atoms. The summed E-state index contributed by atoms with van der Waals surface area (Å²) in [7, 11) is 1.80. The van der Waals surface area contributed by atoms with E-state index in [1.165, 1.54) is 10.0 Å². The molecule has 0 saturated carbocycles. The molecule has 0 bridgehead atoms. The Morgan fingerprint density at radius 2 is 2.00 bits per heavy atom.